The number of ether oxygens (including phenoxy) is 2. The second-order valence-electron chi connectivity index (χ2n) is 7.66. The first kappa shape index (κ1) is 20.2. The van der Waals surface area contributed by atoms with Crippen molar-refractivity contribution in [2.45, 2.75) is 51.2 Å². The Morgan fingerprint density at radius 3 is 2.54 bits per heavy atom. The lowest BCUT2D eigenvalue weighted by Gasteiger charge is -2.27. The van der Waals surface area contributed by atoms with Gasteiger partial charge in [-0.15, -0.1) is 0 Å². The first-order chi connectivity index (χ1) is 12.3. The number of rotatable bonds is 5. The van der Waals surface area contributed by atoms with E-state index in [0.717, 1.165) is 6.42 Å². The Balaban J connectivity index is 2.12. The van der Waals surface area contributed by atoms with E-state index in [1.54, 1.807) is 32.8 Å². The van der Waals surface area contributed by atoms with Gasteiger partial charge in [0.1, 0.15) is 11.6 Å². The van der Waals surface area contributed by atoms with Crippen molar-refractivity contribution in [1.29, 1.82) is 0 Å². The van der Waals surface area contributed by atoms with Crippen LogP contribution in [-0.4, -0.2) is 55.3 Å². The summed E-state index contributed by atoms with van der Waals surface area (Å²) in [6.07, 6.45) is 0.849. The fourth-order valence-electron chi connectivity index (χ4n) is 3.14. The van der Waals surface area contributed by atoms with Crippen molar-refractivity contribution in [2.24, 2.45) is 0 Å². The molecule has 0 saturated carbocycles. The molecule has 0 radical (unpaired) electrons. The maximum Gasteiger partial charge on any atom is 0.408 e. The minimum Gasteiger partial charge on any atom is -0.444 e. The summed E-state index contributed by atoms with van der Waals surface area (Å²) in [6.45, 7) is 7.00. The van der Waals surface area contributed by atoms with Crippen LogP contribution in [0.2, 0.25) is 0 Å². The number of carbonyl (C=O) groups excluding carboxylic acids is 2. The molecule has 1 aliphatic rings. The molecule has 2 rings (SSSR count). The molecular weight excluding hydrogens is 332 g/mol. The summed E-state index contributed by atoms with van der Waals surface area (Å²) < 4.78 is 10.5. The van der Waals surface area contributed by atoms with Gasteiger partial charge in [-0.2, -0.15) is 0 Å². The van der Waals surface area contributed by atoms with Crippen molar-refractivity contribution in [3.63, 3.8) is 0 Å². The zero-order valence-electron chi connectivity index (χ0n) is 16.2. The predicted molar refractivity (Wildman–Crippen MR) is 100 cm³/mol. The summed E-state index contributed by atoms with van der Waals surface area (Å²) in [4.78, 5) is 26.8. The van der Waals surface area contributed by atoms with Crippen LogP contribution in [-0.2, 0) is 14.3 Å². The molecule has 1 fully saturated rings. The van der Waals surface area contributed by atoms with Crippen LogP contribution >= 0.6 is 0 Å². The normalized spacial score (nSPS) is 21.2. The first-order valence-electron chi connectivity index (χ1n) is 9.12. The van der Waals surface area contributed by atoms with Gasteiger partial charge in [-0.3, -0.25) is 4.79 Å². The Morgan fingerprint density at radius 2 is 1.92 bits per heavy atom. The number of amides is 2. The molecule has 1 heterocycles. The van der Waals surface area contributed by atoms with Crippen LogP contribution in [0.25, 0.3) is 0 Å². The van der Waals surface area contributed by atoms with E-state index in [4.69, 9.17) is 9.47 Å². The molecule has 6 heteroatoms. The van der Waals surface area contributed by atoms with Crippen molar-refractivity contribution in [3.05, 3.63) is 35.9 Å². The molecule has 1 N–H and O–H groups in total. The SMILES string of the molecule is COCCN1CC(c2ccccc2)CCC(NC(=O)OC(C)(C)C)C1=O. The van der Waals surface area contributed by atoms with Gasteiger partial charge >= 0.3 is 6.09 Å². The topological polar surface area (TPSA) is 67.9 Å². The highest BCUT2D eigenvalue weighted by Gasteiger charge is 2.33. The van der Waals surface area contributed by atoms with Crippen LogP contribution in [0.4, 0.5) is 4.79 Å². The van der Waals surface area contributed by atoms with Crippen LogP contribution in [0.3, 0.4) is 0 Å². The van der Waals surface area contributed by atoms with Crippen molar-refractivity contribution in [3.8, 4) is 0 Å². The van der Waals surface area contributed by atoms with E-state index >= 15 is 0 Å². The molecule has 1 aromatic carbocycles. The van der Waals surface area contributed by atoms with Crippen molar-refractivity contribution in [1.82, 2.24) is 10.2 Å². The maximum atomic E-state index is 12.9. The average molecular weight is 362 g/mol. The summed E-state index contributed by atoms with van der Waals surface area (Å²) in [5, 5.41) is 2.75. The van der Waals surface area contributed by atoms with Gasteiger partial charge in [0, 0.05) is 26.1 Å². The fourth-order valence-corrected chi connectivity index (χ4v) is 3.14. The highest BCUT2D eigenvalue weighted by molar-refractivity contribution is 5.86. The molecular formula is C20H30N2O4. The third-order valence-electron chi connectivity index (χ3n) is 4.38. The summed E-state index contributed by atoms with van der Waals surface area (Å²) in [5.74, 6) is 0.161. The molecule has 1 aliphatic heterocycles. The average Bonchev–Trinajstić information content (AvgIpc) is 2.72. The molecule has 0 aromatic heterocycles. The van der Waals surface area contributed by atoms with E-state index in [9.17, 15) is 9.59 Å². The quantitative estimate of drug-likeness (QED) is 0.874. The lowest BCUT2D eigenvalue weighted by Crippen LogP contribution is -2.49. The second-order valence-corrected chi connectivity index (χ2v) is 7.66. The minimum absolute atomic E-state index is 0.0775. The van der Waals surface area contributed by atoms with E-state index in [-0.39, 0.29) is 11.8 Å². The second kappa shape index (κ2) is 9.03. The van der Waals surface area contributed by atoms with E-state index in [2.05, 4.69) is 17.4 Å². The van der Waals surface area contributed by atoms with Gasteiger partial charge in [-0.1, -0.05) is 30.3 Å². The zero-order valence-corrected chi connectivity index (χ0v) is 16.2. The Morgan fingerprint density at radius 1 is 1.23 bits per heavy atom. The molecule has 0 aliphatic carbocycles. The highest BCUT2D eigenvalue weighted by Crippen LogP contribution is 2.27. The minimum atomic E-state index is -0.597. The third-order valence-corrected chi connectivity index (χ3v) is 4.38. The summed E-state index contributed by atoms with van der Waals surface area (Å²) in [5.41, 5.74) is 0.612. The maximum absolute atomic E-state index is 12.9. The lowest BCUT2D eigenvalue weighted by atomic mass is 9.94. The van der Waals surface area contributed by atoms with Gasteiger partial charge in [-0.05, 0) is 39.2 Å². The molecule has 6 nitrogen and oxygen atoms in total. The van der Waals surface area contributed by atoms with Gasteiger partial charge < -0.3 is 19.7 Å². The van der Waals surface area contributed by atoms with Crippen LogP contribution in [0, 0.1) is 0 Å². The number of benzene rings is 1. The van der Waals surface area contributed by atoms with Gasteiger partial charge in [0.2, 0.25) is 5.91 Å². The van der Waals surface area contributed by atoms with Crippen molar-refractivity contribution in [2.75, 3.05) is 26.8 Å². The van der Waals surface area contributed by atoms with Crippen LogP contribution in [0.15, 0.2) is 30.3 Å². The van der Waals surface area contributed by atoms with E-state index in [1.165, 1.54) is 5.56 Å². The Hall–Kier alpha value is -2.08. The van der Waals surface area contributed by atoms with E-state index < -0.39 is 17.7 Å². The number of hydrogen-bond donors (Lipinski definition) is 1. The molecule has 1 saturated heterocycles. The molecule has 0 spiro atoms. The Labute approximate surface area is 155 Å². The number of nitrogens with one attached hydrogen (secondary N) is 1. The van der Waals surface area contributed by atoms with Gasteiger partial charge in [-0.25, -0.2) is 4.79 Å². The van der Waals surface area contributed by atoms with Crippen molar-refractivity contribution < 1.29 is 19.1 Å². The Kier molecular flexibility index (Phi) is 7.03. The summed E-state index contributed by atoms with van der Waals surface area (Å²) >= 11 is 0. The number of alkyl carbamates (subject to hydrolysis) is 1. The predicted octanol–water partition coefficient (Wildman–Crippen LogP) is 2.93. The van der Waals surface area contributed by atoms with Gasteiger partial charge in [0.05, 0.1) is 6.61 Å². The lowest BCUT2D eigenvalue weighted by molar-refractivity contribution is -0.133. The summed E-state index contributed by atoms with van der Waals surface area (Å²) in [7, 11) is 1.62. The van der Waals surface area contributed by atoms with Crippen LogP contribution in [0.5, 0.6) is 0 Å². The summed E-state index contributed by atoms with van der Waals surface area (Å²) in [6, 6.07) is 9.61. The number of nitrogens with zero attached hydrogens (tertiary/aromatic N) is 1. The highest BCUT2D eigenvalue weighted by atomic mass is 16.6. The molecule has 1 aromatic rings. The van der Waals surface area contributed by atoms with E-state index in [0.29, 0.717) is 26.1 Å². The molecule has 144 valence electrons. The van der Waals surface area contributed by atoms with Gasteiger partial charge in [0.15, 0.2) is 0 Å². The standard InChI is InChI=1S/C20H30N2O4/c1-20(2,3)26-19(24)21-17-11-10-16(15-8-6-5-7-9-15)14-22(18(17)23)12-13-25-4/h5-9,16-17H,10-14H2,1-4H3,(H,21,24). The molecule has 0 bridgehead atoms. The Bertz CT molecular complexity index is 598. The molecule has 26 heavy (non-hydrogen) atoms. The number of carbonyl (C=O) groups is 2. The third kappa shape index (κ3) is 6.02. The first-order valence-corrected chi connectivity index (χ1v) is 9.12. The number of methoxy groups -OCH3 is 1. The van der Waals surface area contributed by atoms with Gasteiger partial charge in [0.25, 0.3) is 0 Å². The molecule has 2 unspecified atom stereocenters. The zero-order chi connectivity index (χ0) is 19.2. The van der Waals surface area contributed by atoms with E-state index in [1.807, 2.05) is 18.2 Å². The fraction of sp³-hybridized carbons (Fsp3) is 0.600. The van der Waals surface area contributed by atoms with Crippen molar-refractivity contribution >= 4 is 12.0 Å². The molecule has 2 atom stereocenters. The number of hydrogen-bond acceptors (Lipinski definition) is 4. The van der Waals surface area contributed by atoms with Crippen LogP contribution < -0.4 is 5.32 Å². The molecule has 2 amide bonds. The monoisotopic (exact) mass is 362 g/mol. The number of likely N-dealkylation sites (tertiary alicyclic amines) is 1. The largest absolute Gasteiger partial charge is 0.444 e. The smallest absolute Gasteiger partial charge is 0.408 e. The van der Waals surface area contributed by atoms with Crippen LogP contribution in [0.1, 0.15) is 45.1 Å².